The molecular weight excluding hydrogens is 272 g/mol. The average molecular weight is 292 g/mol. The zero-order valence-corrected chi connectivity index (χ0v) is 12.0. The lowest BCUT2D eigenvalue weighted by molar-refractivity contribution is -0.148. The van der Waals surface area contributed by atoms with E-state index in [0.29, 0.717) is 13.2 Å². The van der Waals surface area contributed by atoms with Crippen molar-refractivity contribution in [2.75, 3.05) is 19.7 Å². The Labute approximate surface area is 123 Å². The molecule has 0 saturated carbocycles. The highest BCUT2D eigenvalue weighted by molar-refractivity contribution is 5.83. The maximum atomic E-state index is 12.4. The number of aryl methyl sites for hydroxylation is 1. The molecule has 1 aliphatic heterocycles. The van der Waals surface area contributed by atoms with Crippen LogP contribution in [0.4, 0.5) is 0 Å². The van der Waals surface area contributed by atoms with E-state index in [4.69, 9.17) is 15.6 Å². The Morgan fingerprint density at radius 3 is 2.71 bits per heavy atom. The molecule has 0 radical (unpaired) electrons. The number of amides is 1. The number of carbonyl (C=O) groups excluding carboxylic acids is 1. The summed E-state index contributed by atoms with van der Waals surface area (Å²) in [4.78, 5) is 24.7. The maximum Gasteiger partial charge on any atom is 0.306 e. The summed E-state index contributed by atoms with van der Waals surface area (Å²) in [7, 11) is 0. The minimum Gasteiger partial charge on any atom is -0.481 e. The molecule has 2 unspecified atom stereocenters. The molecule has 3 N–H and O–H groups in total. The van der Waals surface area contributed by atoms with Crippen molar-refractivity contribution in [1.82, 2.24) is 4.90 Å². The zero-order valence-electron chi connectivity index (χ0n) is 12.0. The second-order valence-electron chi connectivity index (χ2n) is 5.26. The fourth-order valence-electron chi connectivity index (χ4n) is 2.35. The molecule has 1 saturated heterocycles. The summed E-state index contributed by atoms with van der Waals surface area (Å²) in [5, 5.41) is 8.80. The highest BCUT2D eigenvalue weighted by Crippen LogP contribution is 2.17. The lowest BCUT2D eigenvalue weighted by Crippen LogP contribution is -2.49. The van der Waals surface area contributed by atoms with Crippen LogP contribution in [0.5, 0.6) is 0 Å². The van der Waals surface area contributed by atoms with Crippen LogP contribution in [0.25, 0.3) is 0 Å². The van der Waals surface area contributed by atoms with Gasteiger partial charge in [0.05, 0.1) is 19.1 Å². The highest BCUT2D eigenvalue weighted by atomic mass is 16.5. The van der Waals surface area contributed by atoms with Crippen molar-refractivity contribution in [3.8, 4) is 0 Å². The molecule has 1 heterocycles. The predicted molar refractivity (Wildman–Crippen MR) is 76.7 cm³/mol. The van der Waals surface area contributed by atoms with E-state index < -0.39 is 18.1 Å². The van der Waals surface area contributed by atoms with Crippen molar-refractivity contribution in [3.63, 3.8) is 0 Å². The average Bonchev–Trinajstić information content (AvgIpc) is 2.46. The molecule has 0 spiro atoms. The molecule has 1 aliphatic rings. The van der Waals surface area contributed by atoms with Crippen LogP contribution in [-0.2, 0) is 14.3 Å². The monoisotopic (exact) mass is 292 g/mol. The molecule has 0 bridgehead atoms. The number of carboxylic acid groups (broad SMARTS) is 1. The third-order valence-electron chi connectivity index (χ3n) is 3.56. The highest BCUT2D eigenvalue weighted by Gasteiger charge is 2.29. The Kier molecular flexibility index (Phi) is 4.93. The summed E-state index contributed by atoms with van der Waals surface area (Å²) < 4.78 is 5.35. The van der Waals surface area contributed by atoms with Gasteiger partial charge in [0.2, 0.25) is 5.91 Å². The first-order valence-corrected chi connectivity index (χ1v) is 6.91. The lowest BCUT2D eigenvalue weighted by Gasteiger charge is -2.33. The molecule has 1 aromatic carbocycles. The minimum atomic E-state index is -0.933. The molecule has 6 heteroatoms. The van der Waals surface area contributed by atoms with Gasteiger partial charge >= 0.3 is 5.97 Å². The molecule has 6 nitrogen and oxygen atoms in total. The number of carboxylic acids is 1. The van der Waals surface area contributed by atoms with E-state index in [0.717, 1.165) is 11.1 Å². The first-order valence-electron chi connectivity index (χ1n) is 6.91. The van der Waals surface area contributed by atoms with Crippen molar-refractivity contribution < 1.29 is 19.4 Å². The number of morpholine rings is 1. The van der Waals surface area contributed by atoms with Crippen LogP contribution in [0.15, 0.2) is 24.3 Å². The van der Waals surface area contributed by atoms with E-state index >= 15 is 0 Å². The van der Waals surface area contributed by atoms with E-state index in [1.807, 2.05) is 31.2 Å². The molecule has 21 heavy (non-hydrogen) atoms. The third-order valence-corrected chi connectivity index (χ3v) is 3.56. The van der Waals surface area contributed by atoms with Crippen LogP contribution < -0.4 is 5.73 Å². The van der Waals surface area contributed by atoms with Crippen LogP contribution in [0.3, 0.4) is 0 Å². The van der Waals surface area contributed by atoms with Gasteiger partial charge in [-0.05, 0) is 12.5 Å². The van der Waals surface area contributed by atoms with E-state index in [2.05, 4.69) is 0 Å². The van der Waals surface area contributed by atoms with Gasteiger partial charge in [0, 0.05) is 13.1 Å². The quantitative estimate of drug-likeness (QED) is 0.852. The Hall–Kier alpha value is -1.92. The van der Waals surface area contributed by atoms with Crippen molar-refractivity contribution in [2.45, 2.75) is 25.5 Å². The van der Waals surface area contributed by atoms with Gasteiger partial charge < -0.3 is 20.5 Å². The van der Waals surface area contributed by atoms with Crippen LogP contribution >= 0.6 is 0 Å². The predicted octanol–water partition coefficient (Wildman–Crippen LogP) is 0.697. The Morgan fingerprint density at radius 2 is 2.10 bits per heavy atom. The molecule has 1 aromatic rings. The van der Waals surface area contributed by atoms with Crippen LogP contribution in [0, 0.1) is 6.92 Å². The Morgan fingerprint density at radius 1 is 1.43 bits per heavy atom. The van der Waals surface area contributed by atoms with E-state index in [9.17, 15) is 9.59 Å². The molecule has 0 aliphatic carbocycles. The number of rotatable bonds is 4. The number of aliphatic carboxylic acids is 1. The van der Waals surface area contributed by atoms with Gasteiger partial charge in [-0.1, -0.05) is 29.8 Å². The molecular formula is C15H20N2O4. The summed E-state index contributed by atoms with van der Waals surface area (Å²) in [6.45, 7) is 3.01. The Balaban J connectivity index is 2.01. The summed E-state index contributed by atoms with van der Waals surface area (Å²) >= 11 is 0. The second-order valence-corrected chi connectivity index (χ2v) is 5.26. The number of nitrogens with two attached hydrogens (primary N) is 1. The number of hydrogen-bond donors (Lipinski definition) is 2. The van der Waals surface area contributed by atoms with Gasteiger partial charge in [0.15, 0.2) is 0 Å². The fraction of sp³-hybridized carbons (Fsp3) is 0.467. The number of benzene rings is 1. The van der Waals surface area contributed by atoms with Gasteiger partial charge in [-0.15, -0.1) is 0 Å². The molecule has 2 atom stereocenters. The Bertz CT molecular complexity index is 515. The number of hydrogen-bond acceptors (Lipinski definition) is 4. The SMILES string of the molecule is Cc1ccc(C(N)C(=O)N2CCOC(CC(=O)O)C2)cc1. The first-order chi connectivity index (χ1) is 9.97. The molecule has 2 rings (SSSR count). The summed E-state index contributed by atoms with van der Waals surface area (Å²) in [5.41, 5.74) is 7.88. The largest absolute Gasteiger partial charge is 0.481 e. The van der Waals surface area contributed by atoms with Crippen LogP contribution in [0.1, 0.15) is 23.6 Å². The van der Waals surface area contributed by atoms with Crippen LogP contribution in [-0.4, -0.2) is 47.7 Å². The van der Waals surface area contributed by atoms with Gasteiger partial charge in [0.1, 0.15) is 6.04 Å². The number of nitrogens with zero attached hydrogens (tertiary/aromatic N) is 1. The van der Waals surface area contributed by atoms with E-state index in [1.54, 1.807) is 4.90 Å². The fourth-order valence-corrected chi connectivity index (χ4v) is 2.35. The van der Waals surface area contributed by atoms with Crippen LogP contribution in [0.2, 0.25) is 0 Å². The standard InChI is InChI=1S/C15H20N2O4/c1-10-2-4-11(5-3-10)14(16)15(20)17-6-7-21-12(9-17)8-13(18)19/h2-5,12,14H,6-9,16H2,1H3,(H,18,19). The third kappa shape index (κ3) is 4.03. The van der Waals surface area contributed by atoms with E-state index in [-0.39, 0.29) is 18.9 Å². The smallest absolute Gasteiger partial charge is 0.306 e. The molecule has 1 fully saturated rings. The summed E-state index contributed by atoms with van der Waals surface area (Å²) in [6, 6.07) is 6.78. The van der Waals surface area contributed by atoms with Crippen molar-refractivity contribution in [1.29, 1.82) is 0 Å². The normalized spacial score (nSPS) is 20.1. The molecule has 114 valence electrons. The first kappa shape index (κ1) is 15.5. The van der Waals surface area contributed by atoms with E-state index in [1.165, 1.54) is 0 Å². The number of carbonyl (C=O) groups is 2. The van der Waals surface area contributed by atoms with Crippen molar-refractivity contribution in [3.05, 3.63) is 35.4 Å². The molecule has 0 aromatic heterocycles. The molecule has 1 amide bonds. The van der Waals surface area contributed by atoms with Gasteiger partial charge in [0.25, 0.3) is 0 Å². The maximum absolute atomic E-state index is 12.4. The number of ether oxygens (including phenoxy) is 1. The summed E-state index contributed by atoms with van der Waals surface area (Å²) in [5.74, 6) is -1.13. The van der Waals surface area contributed by atoms with Gasteiger partial charge in [-0.3, -0.25) is 9.59 Å². The second kappa shape index (κ2) is 6.69. The minimum absolute atomic E-state index is 0.108. The van der Waals surface area contributed by atoms with Crippen molar-refractivity contribution >= 4 is 11.9 Å². The van der Waals surface area contributed by atoms with Crippen molar-refractivity contribution in [2.24, 2.45) is 5.73 Å². The van der Waals surface area contributed by atoms with Gasteiger partial charge in [-0.25, -0.2) is 0 Å². The van der Waals surface area contributed by atoms with Gasteiger partial charge in [-0.2, -0.15) is 0 Å². The lowest BCUT2D eigenvalue weighted by atomic mass is 10.0. The zero-order chi connectivity index (χ0) is 15.4. The summed E-state index contributed by atoms with van der Waals surface area (Å²) in [6.07, 6.45) is -0.575. The topological polar surface area (TPSA) is 92.9 Å².